The molecule has 0 aromatic heterocycles. The van der Waals surface area contributed by atoms with Gasteiger partial charge in [-0.1, -0.05) is 321 Å². The van der Waals surface area contributed by atoms with Gasteiger partial charge in [-0.15, -0.1) is 0 Å². The van der Waals surface area contributed by atoms with Crippen molar-refractivity contribution in [3.8, 4) is 0 Å². The van der Waals surface area contributed by atoms with Crippen LogP contribution in [0.3, 0.4) is 0 Å². The lowest BCUT2D eigenvalue weighted by molar-refractivity contribution is -0.302. The van der Waals surface area contributed by atoms with E-state index in [1.807, 2.05) is 0 Å². The van der Waals surface area contributed by atoms with Crippen LogP contribution < -0.4 is 5.32 Å². The van der Waals surface area contributed by atoms with E-state index in [1.54, 1.807) is 0 Å². The van der Waals surface area contributed by atoms with Crippen molar-refractivity contribution in [2.24, 2.45) is 0 Å². The van der Waals surface area contributed by atoms with Crippen molar-refractivity contribution in [1.29, 1.82) is 0 Å². The van der Waals surface area contributed by atoms with Crippen molar-refractivity contribution in [1.82, 2.24) is 5.32 Å². The zero-order valence-electron chi connectivity index (χ0n) is 50.5. The van der Waals surface area contributed by atoms with Crippen LogP contribution in [0.5, 0.6) is 0 Å². The minimum atomic E-state index is -1.55. The monoisotopic (exact) mass is 1080 g/mol. The second-order valence-corrected chi connectivity index (χ2v) is 24.0. The van der Waals surface area contributed by atoms with E-state index in [0.29, 0.717) is 12.8 Å². The average molecular weight is 1080 g/mol. The molecule has 1 aliphatic rings. The number of nitrogens with one attached hydrogen (secondary N) is 1. The Morgan fingerprint density at radius 3 is 1.07 bits per heavy atom. The van der Waals surface area contributed by atoms with Crippen molar-refractivity contribution >= 4 is 5.91 Å². The molecule has 9 heteroatoms. The third-order valence-corrected chi connectivity index (χ3v) is 16.6. The van der Waals surface area contributed by atoms with E-state index >= 15 is 0 Å². The van der Waals surface area contributed by atoms with Gasteiger partial charge in [-0.2, -0.15) is 0 Å². The fraction of sp³-hybridized carbons (Fsp3) is 0.955. The van der Waals surface area contributed by atoms with Crippen LogP contribution in [0.4, 0.5) is 0 Å². The smallest absolute Gasteiger partial charge is 0.220 e. The van der Waals surface area contributed by atoms with Gasteiger partial charge in [-0.3, -0.25) is 4.79 Å². The molecule has 1 rings (SSSR count). The molecule has 1 heterocycles. The van der Waals surface area contributed by atoms with E-state index in [1.165, 1.54) is 289 Å². The Morgan fingerprint density at radius 1 is 0.434 bits per heavy atom. The van der Waals surface area contributed by atoms with Gasteiger partial charge < -0.3 is 40.3 Å². The molecule has 9 nitrogen and oxygen atoms in total. The van der Waals surface area contributed by atoms with Crippen LogP contribution in [-0.4, -0.2) is 87.5 Å². The summed E-state index contributed by atoms with van der Waals surface area (Å²) >= 11 is 0. The molecule has 0 radical (unpaired) electrons. The number of unbranched alkanes of at least 4 members (excludes halogenated alkanes) is 48. The summed E-state index contributed by atoms with van der Waals surface area (Å²) in [5.41, 5.74) is 0. The van der Waals surface area contributed by atoms with Crippen LogP contribution in [0, 0.1) is 0 Å². The summed E-state index contributed by atoms with van der Waals surface area (Å²) in [5, 5.41) is 54.9. The Kier molecular flexibility index (Phi) is 54.9. The maximum Gasteiger partial charge on any atom is 0.220 e. The van der Waals surface area contributed by atoms with Crippen LogP contribution in [0.2, 0.25) is 0 Å². The van der Waals surface area contributed by atoms with Crippen LogP contribution >= 0.6 is 0 Å². The lowest BCUT2D eigenvalue weighted by Gasteiger charge is -2.40. The number of allylic oxidation sites excluding steroid dienone is 2. The summed E-state index contributed by atoms with van der Waals surface area (Å²) in [4.78, 5) is 13.1. The lowest BCUT2D eigenvalue weighted by Crippen LogP contribution is -2.60. The first kappa shape index (κ1) is 72.9. The number of rotatable bonds is 60. The lowest BCUT2D eigenvalue weighted by atomic mass is 9.99. The number of amides is 1. The Labute approximate surface area is 471 Å². The Bertz CT molecular complexity index is 1200. The Hall–Kier alpha value is -1.07. The van der Waals surface area contributed by atoms with Crippen LogP contribution in [0.1, 0.15) is 354 Å². The van der Waals surface area contributed by atoms with Crippen molar-refractivity contribution in [3.63, 3.8) is 0 Å². The van der Waals surface area contributed by atoms with Crippen LogP contribution in [0.25, 0.3) is 0 Å². The maximum absolute atomic E-state index is 13.1. The number of aliphatic hydroxyl groups is 5. The first-order chi connectivity index (χ1) is 37.3. The number of hydrogen-bond acceptors (Lipinski definition) is 8. The van der Waals surface area contributed by atoms with E-state index in [2.05, 4.69) is 31.3 Å². The molecule has 76 heavy (non-hydrogen) atoms. The topological polar surface area (TPSA) is 149 Å². The molecule has 0 aromatic rings. The molecule has 0 spiro atoms. The van der Waals surface area contributed by atoms with Crippen LogP contribution in [0.15, 0.2) is 12.2 Å². The molecular weight excluding hydrogens is 947 g/mol. The van der Waals surface area contributed by atoms with Gasteiger partial charge in [0.25, 0.3) is 0 Å². The molecule has 1 aliphatic heterocycles. The largest absolute Gasteiger partial charge is 0.394 e. The summed E-state index contributed by atoms with van der Waals surface area (Å²) in [5.74, 6) is -0.136. The van der Waals surface area contributed by atoms with Crippen molar-refractivity contribution < 1.29 is 39.8 Å². The first-order valence-electron chi connectivity index (χ1n) is 33.9. The fourth-order valence-corrected chi connectivity index (χ4v) is 11.3. The van der Waals surface area contributed by atoms with Gasteiger partial charge >= 0.3 is 0 Å². The number of carbonyl (C=O) groups is 1. The first-order valence-corrected chi connectivity index (χ1v) is 33.9. The Morgan fingerprint density at radius 2 is 0.737 bits per heavy atom. The zero-order valence-corrected chi connectivity index (χ0v) is 50.5. The molecule has 7 unspecified atom stereocenters. The van der Waals surface area contributed by atoms with E-state index in [4.69, 9.17) is 9.47 Å². The molecule has 0 aromatic carbocycles. The van der Waals surface area contributed by atoms with Gasteiger partial charge in [0, 0.05) is 6.42 Å². The third-order valence-electron chi connectivity index (χ3n) is 16.6. The van der Waals surface area contributed by atoms with E-state index in [-0.39, 0.29) is 12.5 Å². The van der Waals surface area contributed by atoms with E-state index < -0.39 is 49.5 Å². The number of hydrogen-bond donors (Lipinski definition) is 6. The minimum Gasteiger partial charge on any atom is -0.394 e. The molecule has 7 atom stereocenters. The normalized spacial score (nSPS) is 18.8. The second-order valence-electron chi connectivity index (χ2n) is 24.0. The fourth-order valence-electron chi connectivity index (χ4n) is 11.3. The molecule has 0 saturated carbocycles. The molecule has 0 aliphatic carbocycles. The van der Waals surface area contributed by atoms with E-state index in [9.17, 15) is 30.3 Å². The van der Waals surface area contributed by atoms with Gasteiger partial charge in [0.1, 0.15) is 24.4 Å². The molecule has 1 fully saturated rings. The van der Waals surface area contributed by atoms with Crippen molar-refractivity contribution in [3.05, 3.63) is 12.2 Å². The standard InChI is InChI=1S/C67H131NO8/c1-3-5-7-9-11-13-15-17-19-21-23-25-26-27-28-29-30-31-32-33-34-35-36-37-39-41-43-45-47-49-51-53-55-57-63(71)68-60(59-75-67-66(74)65(73)64(72)62(58-69)76-67)61(70)56-54-52-50-48-46-44-42-40-38-24-22-20-18-16-14-12-10-8-6-4-2/h27-28,60-62,64-67,69-70,72-74H,3-26,29-59H2,1-2H3,(H,68,71)/b28-27-. The molecule has 452 valence electrons. The highest BCUT2D eigenvalue weighted by atomic mass is 16.7. The average Bonchev–Trinajstić information content (AvgIpc) is 3.42. The molecule has 1 saturated heterocycles. The Balaban J connectivity index is 2.09. The third kappa shape index (κ3) is 45.6. The van der Waals surface area contributed by atoms with Crippen LogP contribution in [-0.2, 0) is 14.3 Å². The zero-order chi connectivity index (χ0) is 55.0. The maximum atomic E-state index is 13.1. The van der Waals surface area contributed by atoms with Crippen molar-refractivity contribution in [2.75, 3.05) is 13.2 Å². The summed E-state index contributed by atoms with van der Waals surface area (Å²) in [6.07, 6.45) is 65.6. The summed E-state index contributed by atoms with van der Waals surface area (Å²) in [6.45, 7) is 3.90. The molecule has 0 bridgehead atoms. The number of ether oxygens (including phenoxy) is 2. The van der Waals surface area contributed by atoms with Gasteiger partial charge in [0.15, 0.2) is 6.29 Å². The second kappa shape index (κ2) is 57.2. The van der Waals surface area contributed by atoms with Gasteiger partial charge in [-0.25, -0.2) is 0 Å². The molecule has 1 amide bonds. The highest BCUT2D eigenvalue weighted by Crippen LogP contribution is 2.24. The quantitative estimate of drug-likeness (QED) is 0.0261. The van der Waals surface area contributed by atoms with Crippen molar-refractivity contribution in [2.45, 2.75) is 397 Å². The summed E-state index contributed by atoms with van der Waals surface area (Å²) in [6, 6.07) is -0.716. The van der Waals surface area contributed by atoms with Gasteiger partial charge in [0.05, 0.1) is 25.4 Å². The highest BCUT2D eigenvalue weighted by molar-refractivity contribution is 5.76. The van der Waals surface area contributed by atoms with E-state index in [0.717, 1.165) is 38.5 Å². The summed E-state index contributed by atoms with van der Waals surface area (Å²) < 4.78 is 11.4. The predicted octanol–water partition coefficient (Wildman–Crippen LogP) is 17.9. The minimum absolute atomic E-state index is 0.132. The number of carbonyl (C=O) groups excluding carboxylic acids is 1. The molecule has 6 N–H and O–H groups in total. The SMILES string of the molecule is CCCCCCCCCCCCCC/C=C\CCCCCCCCCCCCCCCCCCCC(=O)NC(COC1OC(CO)C(O)C(O)C1O)C(O)CCCCCCCCCCCCCCCCCCCCCC. The summed E-state index contributed by atoms with van der Waals surface area (Å²) in [7, 11) is 0. The number of aliphatic hydroxyl groups excluding tert-OH is 5. The highest BCUT2D eigenvalue weighted by Gasteiger charge is 2.44. The van der Waals surface area contributed by atoms with Gasteiger partial charge in [0.2, 0.25) is 5.91 Å². The van der Waals surface area contributed by atoms with Gasteiger partial charge in [-0.05, 0) is 38.5 Å². The predicted molar refractivity (Wildman–Crippen MR) is 323 cm³/mol. The molecular formula is C67H131NO8.